The molecule has 1 saturated heterocycles. The maximum absolute atomic E-state index is 12.7. The molecule has 3 heterocycles. The van der Waals surface area contributed by atoms with Crippen LogP contribution in [0.15, 0.2) is 47.0 Å². The van der Waals surface area contributed by atoms with E-state index < -0.39 is 12.3 Å². The van der Waals surface area contributed by atoms with Crippen LogP contribution < -0.4 is 15.1 Å². The van der Waals surface area contributed by atoms with Crippen molar-refractivity contribution >= 4 is 17.9 Å². The van der Waals surface area contributed by atoms with Gasteiger partial charge in [0.1, 0.15) is 0 Å². The molecule has 1 aromatic carbocycles. The van der Waals surface area contributed by atoms with Gasteiger partial charge in [-0.05, 0) is 55.8 Å². The van der Waals surface area contributed by atoms with Gasteiger partial charge in [0.05, 0.1) is 12.2 Å². The van der Waals surface area contributed by atoms with Crippen molar-refractivity contribution in [1.29, 1.82) is 0 Å². The predicted octanol–water partition coefficient (Wildman–Crippen LogP) is 3.42. The monoisotopic (exact) mass is 442 g/mol. The average molecular weight is 442 g/mol. The van der Waals surface area contributed by atoms with Crippen LogP contribution in [-0.4, -0.2) is 47.8 Å². The molecule has 0 unspecified atom stereocenters. The smallest absolute Gasteiger partial charge is 0.314 e. The van der Waals surface area contributed by atoms with Gasteiger partial charge in [-0.2, -0.15) is 8.78 Å². The number of nitrogens with one attached hydrogen (secondary N) is 1. The summed E-state index contributed by atoms with van der Waals surface area (Å²) in [7, 11) is 2.03. The Morgan fingerprint density at radius 2 is 1.94 bits per heavy atom. The lowest BCUT2D eigenvalue weighted by molar-refractivity contribution is -0.107. The Morgan fingerprint density at radius 3 is 2.59 bits per heavy atom. The van der Waals surface area contributed by atoms with E-state index in [0.29, 0.717) is 24.0 Å². The molecule has 1 fully saturated rings. The number of hydrogen-bond acceptors (Lipinski definition) is 7. The lowest BCUT2D eigenvalue weighted by Gasteiger charge is -2.35. The number of carbonyl (C=O) groups excluding carboxylic acids is 1. The number of rotatable bonds is 8. The first-order valence-corrected chi connectivity index (χ1v) is 10.4. The molecule has 168 valence electrons. The summed E-state index contributed by atoms with van der Waals surface area (Å²) < 4.78 is 30.3. The molecular weight excluding hydrogens is 418 g/mol. The number of nitrogens with zero attached hydrogens (tertiary/aromatic N) is 5. The highest BCUT2D eigenvalue weighted by Gasteiger charge is 2.23. The van der Waals surface area contributed by atoms with Crippen molar-refractivity contribution in [2.45, 2.75) is 31.9 Å². The fourth-order valence-corrected chi connectivity index (χ4v) is 3.83. The van der Waals surface area contributed by atoms with Crippen LogP contribution in [0.2, 0.25) is 0 Å². The van der Waals surface area contributed by atoms with Crippen molar-refractivity contribution in [1.82, 2.24) is 20.5 Å². The molecule has 0 bridgehead atoms. The third-order valence-electron chi connectivity index (χ3n) is 5.58. The molecule has 4 rings (SSSR count). The third-order valence-corrected chi connectivity index (χ3v) is 5.58. The second-order valence-electron chi connectivity index (χ2n) is 7.61. The van der Waals surface area contributed by atoms with E-state index in [2.05, 4.69) is 25.4 Å². The molecule has 3 aromatic rings. The van der Waals surface area contributed by atoms with Gasteiger partial charge in [0.2, 0.25) is 12.3 Å². The van der Waals surface area contributed by atoms with Gasteiger partial charge < -0.3 is 14.6 Å². The summed E-state index contributed by atoms with van der Waals surface area (Å²) in [6.45, 7) is 2.24. The van der Waals surface area contributed by atoms with Crippen molar-refractivity contribution in [3.63, 3.8) is 0 Å². The Balaban J connectivity index is 1.52. The van der Waals surface area contributed by atoms with Crippen LogP contribution in [0.25, 0.3) is 11.5 Å². The normalized spacial score (nSPS) is 14.5. The number of halogens is 2. The molecule has 10 heteroatoms. The van der Waals surface area contributed by atoms with Crippen LogP contribution in [0.4, 0.5) is 20.3 Å². The van der Waals surface area contributed by atoms with Crippen LogP contribution in [0.5, 0.6) is 0 Å². The van der Waals surface area contributed by atoms with E-state index in [9.17, 15) is 13.6 Å². The molecule has 1 aliphatic heterocycles. The van der Waals surface area contributed by atoms with E-state index in [-0.39, 0.29) is 5.89 Å². The van der Waals surface area contributed by atoms with Crippen LogP contribution in [0.1, 0.15) is 30.7 Å². The van der Waals surface area contributed by atoms with E-state index in [4.69, 9.17) is 4.42 Å². The van der Waals surface area contributed by atoms with Gasteiger partial charge in [0, 0.05) is 24.8 Å². The number of amides is 1. The topological polar surface area (TPSA) is 87.4 Å². The average Bonchev–Trinajstić information content (AvgIpc) is 3.34. The maximum atomic E-state index is 12.7. The Hall–Kier alpha value is -3.40. The van der Waals surface area contributed by atoms with Crippen LogP contribution >= 0.6 is 0 Å². The summed E-state index contributed by atoms with van der Waals surface area (Å²) in [6, 6.07) is 11.2. The Morgan fingerprint density at radius 1 is 1.19 bits per heavy atom. The van der Waals surface area contributed by atoms with Gasteiger partial charge in [-0.25, -0.2) is 4.98 Å². The Kier molecular flexibility index (Phi) is 6.69. The summed E-state index contributed by atoms with van der Waals surface area (Å²) >= 11 is 0. The molecule has 8 nitrogen and oxygen atoms in total. The summed E-state index contributed by atoms with van der Waals surface area (Å²) in [5, 5.41) is 10.4. The first kappa shape index (κ1) is 21.8. The van der Waals surface area contributed by atoms with Gasteiger partial charge in [-0.1, -0.05) is 12.1 Å². The van der Waals surface area contributed by atoms with E-state index >= 15 is 0 Å². The number of piperidine rings is 1. The van der Waals surface area contributed by atoms with Crippen molar-refractivity contribution < 1.29 is 18.0 Å². The van der Waals surface area contributed by atoms with Crippen molar-refractivity contribution in [2.24, 2.45) is 0 Å². The zero-order valence-electron chi connectivity index (χ0n) is 17.6. The van der Waals surface area contributed by atoms with Crippen LogP contribution in [0, 0.1) is 0 Å². The minimum Gasteiger partial charge on any atom is -0.415 e. The zero-order chi connectivity index (χ0) is 22.5. The minimum absolute atomic E-state index is 0.0229. The first-order chi connectivity index (χ1) is 15.6. The molecule has 32 heavy (non-hydrogen) atoms. The maximum Gasteiger partial charge on any atom is 0.314 e. The molecule has 0 radical (unpaired) electrons. The molecule has 2 aromatic heterocycles. The molecule has 1 N–H and O–H groups in total. The third kappa shape index (κ3) is 4.75. The fraction of sp³-hybridized carbons (Fsp3) is 0.364. The minimum atomic E-state index is -2.81. The van der Waals surface area contributed by atoms with E-state index in [1.54, 1.807) is 35.4 Å². The SMILES string of the molecule is CN(c1cccnc1N(C=O)Cc1ccc(-c2nnc(C(F)F)o2)cc1)C1CCNCC1. The summed E-state index contributed by atoms with van der Waals surface area (Å²) in [5.74, 6) is -0.0995. The lowest BCUT2D eigenvalue weighted by Crippen LogP contribution is -2.41. The van der Waals surface area contributed by atoms with E-state index in [1.807, 2.05) is 19.2 Å². The highest BCUT2D eigenvalue weighted by molar-refractivity contribution is 5.81. The molecule has 1 amide bonds. The first-order valence-electron chi connectivity index (χ1n) is 10.4. The summed E-state index contributed by atoms with van der Waals surface area (Å²) in [5.41, 5.74) is 2.26. The highest BCUT2D eigenvalue weighted by Crippen LogP contribution is 2.30. The van der Waals surface area contributed by atoms with Crippen molar-refractivity contribution in [3.8, 4) is 11.5 Å². The van der Waals surface area contributed by atoms with Crippen molar-refractivity contribution in [3.05, 3.63) is 54.0 Å². The van der Waals surface area contributed by atoms with Crippen molar-refractivity contribution in [2.75, 3.05) is 29.9 Å². The second-order valence-corrected chi connectivity index (χ2v) is 7.61. The number of aromatic nitrogens is 3. The number of anilines is 2. The number of hydrogen-bond donors (Lipinski definition) is 1. The molecule has 1 aliphatic rings. The van der Waals surface area contributed by atoms with E-state index in [1.165, 1.54) is 0 Å². The number of pyridine rings is 1. The molecule has 0 atom stereocenters. The molecule has 0 saturated carbocycles. The van der Waals surface area contributed by atoms with Gasteiger partial charge in [0.25, 0.3) is 5.89 Å². The molecule has 0 aliphatic carbocycles. The number of carbonyl (C=O) groups is 1. The van der Waals surface area contributed by atoms with Gasteiger partial charge in [0.15, 0.2) is 5.82 Å². The van der Waals surface area contributed by atoms with E-state index in [0.717, 1.165) is 43.6 Å². The zero-order valence-corrected chi connectivity index (χ0v) is 17.6. The fourth-order valence-electron chi connectivity index (χ4n) is 3.83. The number of alkyl halides is 2. The molecule has 0 spiro atoms. The van der Waals surface area contributed by atoms with Gasteiger partial charge in [-0.15, -0.1) is 10.2 Å². The summed E-state index contributed by atoms with van der Waals surface area (Å²) in [6.07, 6.45) is 1.67. The second kappa shape index (κ2) is 9.82. The van der Waals surface area contributed by atoms with Gasteiger partial charge in [-0.3, -0.25) is 9.69 Å². The number of benzene rings is 1. The molecular formula is C22H24F2N6O2. The largest absolute Gasteiger partial charge is 0.415 e. The summed E-state index contributed by atoms with van der Waals surface area (Å²) in [4.78, 5) is 20.2. The predicted molar refractivity (Wildman–Crippen MR) is 115 cm³/mol. The van der Waals surface area contributed by atoms with Gasteiger partial charge >= 0.3 is 6.43 Å². The quantitative estimate of drug-likeness (QED) is 0.535. The lowest BCUT2D eigenvalue weighted by atomic mass is 10.0. The Bertz CT molecular complexity index is 1040. The van der Waals surface area contributed by atoms with Crippen LogP contribution in [0.3, 0.4) is 0 Å². The standard InChI is InChI=1S/C22H24F2N6O2/c1-29(17-8-11-25-12-9-17)18-3-2-10-26-20(18)30(14-31)13-15-4-6-16(7-5-15)21-27-28-22(32-21)19(23)24/h2-7,10,14,17,19,25H,8-9,11-13H2,1H3. The highest BCUT2D eigenvalue weighted by atomic mass is 19.3. The Labute approximate surface area is 184 Å². The van der Waals surface area contributed by atoms with Crippen LogP contribution in [-0.2, 0) is 11.3 Å².